The zero-order valence-corrected chi connectivity index (χ0v) is 13.5. The summed E-state index contributed by atoms with van der Waals surface area (Å²) in [7, 11) is 0. The van der Waals surface area contributed by atoms with Crippen LogP contribution in [0.3, 0.4) is 0 Å². The number of benzene rings is 1. The highest BCUT2D eigenvalue weighted by Crippen LogP contribution is 2.36. The van der Waals surface area contributed by atoms with Gasteiger partial charge in [0.05, 0.1) is 6.10 Å². The van der Waals surface area contributed by atoms with Gasteiger partial charge in [0.25, 0.3) is 0 Å². The molecule has 3 unspecified atom stereocenters. The molecule has 1 saturated heterocycles. The Bertz CT molecular complexity index is 453. The standard InChI is InChI=1S/C19H29NO/c1-14(2)16-10-8-15(9-11-16)13-20-12-4-6-18(20)17-5-3-7-19(17)21/h8-11,14,17-19,21H,3-7,12-13H2,1-2H3. The number of likely N-dealkylation sites (tertiary alicyclic amines) is 1. The van der Waals surface area contributed by atoms with Gasteiger partial charge in [0.2, 0.25) is 0 Å². The summed E-state index contributed by atoms with van der Waals surface area (Å²) in [4.78, 5) is 2.61. The van der Waals surface area contributed by atoms with Gasteiger partial charge < -0.3 is 5.11 Å². The van der Waals surface area contributed by atoms with Crippen LogP contribution in [0.5, 0.6) is 0 Å². The minimum atomic E-state index is -0.0566. The average Bonchev–Trinajstić information content (AvgIpc) is 3.08. The van der Waals surface area contributed by atoms with Crippen molar-refractivity contribution in [1.29, 1.82) is 0 Å². The van der Waals surface area contributed by atoms with Gasteiger partial charge in [-0.15, -0.1) is 0 Å². The van der Waals surface area contributed by atoms with E-state index in [2.05, 4.69) is 43.0 Å². The van der Waals surface area contributed by atoms with Crippen molar-refractivity contribution in [3.63, 3.8) is 0 Å². The molecule has 0 aromatic heterocycles. The monoisotopic (exact) mass is 287 g/mol. The van der Waals surface area contributed by atoms with Crippen molar-refractivity contribution < 1.29 is 5.11 Å². The van der Waals surface area contributed by atoms with E-state index in [0.717, 1.165) is 13.0 Å². The molecule has 116 valence electrons. The Morgan fingerprint density at radius 1 is 1.10 bits per heavy atom. The molecular formula is C19H29NO. The molecule has 3 atom stereocenters. The summed E-state index contributed by atoms with van der Waals surface area (Å²) >= 11 is 0. The number of rotatable bonds is 4. The van der Waals surface area contributed by atoms with Crippen LogP contribution in [0.2, 0.25) is 0 Å². The molecule has 2 aliphatic rings. The van der Waals surface area contributed by atoms with Crippen LogP contribution in [0, 0.1) is 5.92 Å². The average molecular weight is 287 g/mol. The highest BCUT2D eigenvalue weighted by atomic mass is 16.3. The van der Waals surface area contributed by atoms with Crippen LogP contribution in [0.25, 0.3) is 0 Å². The largest absolute Gasteiger partial charge is 0.393 e. The Morgan fingerprint density at radius 2 is 1.86 bits per heavy atom. The molecule has 0 radical (unpaired) electrons. The molecule has 0 spiro atoms. The highest BCUT2D eigenvalue weighted by molar-refractivity contribution is 5.24. The number of aliphatic hydroxyl groups excluding tert-OH is 1. The van der Waals surface area contributed by atoms with E-state index in [1.54, 1.807) is 0 Å². The summed E-state index contributed by atoms with van der Waals surface area (Å²) in [6.45, 7) is 6.73. The molecule has 1 aromatic rings. The molecule has 1 saturated carbocycles. The minimum absolute atomic E-state index is 0.0566. The second kappa shape index (κ2) is 6.50. The third-order valence-electron chi connectivity index (χ3n) is 5.47. The molecule has 2 heteroatoms. The van der Waals surface area contributed by atoms with E-state index in [1.165, 1.54) is 43.4 Å². The lowest BCUT2D eigenvalue weighted by Crippen LogP contribution is -2.38. The molecule has 0 amide bonds. The second-order valence-electron chi connectivity index (χ2n) is 7.24. The molecule has 2 fully saturated rings. The Kier molecular flexibility index (Phi) is 4.66. The van der Waals surface area contributed by atoms with Gasteiger partial charge in [-0.2, -0.15) is 0 Å². The smallest absolute Gasteiger partial charge is 0.0583 e. The zero-order valence-electron chi connectivity index (χ0n) is 13.5. The van der Waals surface area contributed by atoms with Crippen LogP contribution in [0.4, 0.5) is 0 Å². The number of hydrogen-bond donors (Lipinski definition) is 1. The molecule has 1 aliphatic carbocycles. The van der Waals surface area contributed by atoms with Gasteiger partial charge >= 0.3 is 0 Å². The van der Waals surface area contributed by atoms with Gasteiger partial charge in [-0.05, 0) is 49.3 Å². The molecule has 1 aliphatic heterocycles. The summed E-state index contributed by atoms with van der Waals surface area (Å²) in [5, 5.41) is 10.2. The van der Waals surface area contributed by atoms with Crippen molar-refractivity contribution >= 4 is 0 Å². The Labute approximate surface area is 129 Å². The van der Waals surface area contributed by atoms with Crippen molar-refractivity contribution in [3.8, 4) is 0 Å². The normalized spacial score (nSPS) is 30.4. The third-order valence-corrected chi connectivity index (χ3v) is 5.47. The fourth-order valence-electron chi connectivity index (χ4n) is 4.19. The molecular weight excluding hydrogens is 258 g/mol. The van der Waals surface area contributed by atoms with Crippen LogP contribution >= 0.6 is 0 Å². The maximum absolute atomic E-state index is 10.2. The molecule has 1 N–H and O–H groups in total. The lowest BCUT2D eigenvalue weighted by molar-refractivity contribution is 0.0719. The first-order chi connectivity index (χ1) is 10.1. The highest BCUT2D eigenvalue weighted by Gasteiger charge is 2.37. The first-order valence-corrected chi connectivity index (χ1v) is 8.66. The fraction of sp³-hybridized carbons (Fsp3) is 0.684. The van der Waals surface area contributed by atoms with E-state index < -0.39 is 0 Å². The van der Waals surface area contributed by atoms with Crippen LogP contribution in [-0.4, -0.2) is 28.7 Å². The topological polar surface area (TPSA) is 23.5 Å². The van der Waals surface area contributed by atoms with E-state index in [9.17, 15) is 5.11 Å². The first-order valence-electron chi connectivity index (χ1n) is 8.66. The van der Waals surface area contributed by atoms with E-state index in [-0.39, 0.29) is 6.10 Å². The molecule has 1 aromatic carbocycles. The van der Waals surface area contributed by atoms with Crippen molar-refractivity contribution in [2.45, 2.75) is 70.6 Å². The number of hydrogen-bond acceptors (Lipinski definition) is 2. The quantitative estimate of drug-likeness (QED) is 0.907. The summed E-state index contributed by atoms with van der Waals surface area (Å²) < 4.78 is 0. The second-order valence-corrected chi connectivity index (χ2v) is 7.24. The maximum Gasteiger partial charge on any atom is 0.0583 e. The van der Waals surface area contributed by atoms with Crippen LogP contribution < -0.4 is 0 Å². The lowest BCUT2D eigenvalue weighted by atomic mass is 9.93. The van der Waals surface area contributed by atoms with Gasteiger partial charge in [-0.3, -0.25) is 4.90 Å². The van der Waals surface area contributed by atoms with E-state index >= 15 is 0 Å². The summed E-state index contributed by atoms with van der Waals surface area (Å²) in [5.74, 6) is 1.12. The predicted octanol–water partition coefficient (Wildman–Crippen LogP) is 3.94. The zero-order chi connectivity index (χ0) is 14.8. The number of aliphatic hydroxyl groups is 1. The maximum atomic E-state index is 10.2. The first kappa shape index (κ1) is 15.1. The molecule has 21 heavy (non-hydrogen) atoms. The Balaban J connectivity index is 1.65. The van der Waals surface area contributed by atoms with E-state index in [1.807, 2.05) is 0 Å². The van der Waals surface area contributed by atoms with Crippen LogP contribution in [-0.2, 0) is 6.54 Å². The van der Waals surface area contributed by atoms with Crippen molar-refractivity contribution in [2.75, 3.05) is 6.54 Å². The minimum Gasteiger partial charge on any atom is -0.393 e. The van der Waals surface area contributed by atoms with Gasteiger partial charge in [0.1, 0.15) is 0 Å². The van der Waals surface area contributed by atoms with E-state index in [4.69, 9.17) is 0 Å². The number of nitrogens with zero attached hydrogens (tertiary/aromatic N) is 1. The molecule has 1 heterocycles. The van der Waals surface area contributed by atoms with Crippen LogP contribution in [0.1, 0.15) is 63.0 Å². The Morgan fingerprint density at radius 3 is 2.48 bits per heavy atom. The van der Waals surface area contributed by atoms with E-state index in [0.29, 0.717) is 17.9 Å². The van der Waals surface area contributed by atoms with Gasteiger partial charge in [0, 0.05) is 18.5 Å². The summed E-state index contributed by atoms with van der Waals surface area (Å²) in [5.41, 5.74) is 2.83. The Hall–Kier alpha value is -0.860. The molecule has 0 bridgehead atoms. The third kappa shape index (κ3) is 3.32. The van der Waals surface area contributed by atoms with Crippen molar-refractivity contribution in [1.82, 2.24) is 4.90 Å². The predicted molar refractivity (Wildman–Crippen MR) is 87.3 cm³/mol. The van der Waals surface area contributed by atoms with Crippen LogP contribution in [0.15, 0.2) is 24.3 Å². The summed E-state index contributed by atoms with van der Waals surface area (Å²) in [6.07, 6.45) is 5.94. The SMILES string of the molecule is CC(C)c1ccc(CN2CCCC2C2CCCC2O)cc1. The molecule has 3 rings (SSSR count). The lowest BCUT2D eigenvalue weighted by Gasteiger charge is -2.31. The fourth-order valence-corrected chi connectivity index (χ4v) is 4.19. The van der Waals surface area contributed by atoms with Crippen molar-refractivity contribution in [3.05, 3.63) is 35.4 Å². The summed E-state index contributed by atoms with van der Waals surface area (Å²) in [6, 6.07) is 9.73. The van der Waals surface area contributed by atoms with Gasteiger partial charge in [0.15, 0.2) is 0 Å². The van der Waals surface area contributed by atoms with Gasteiger partial charge in [-0.25, -0.2) is 0 Å². The molecule has 2 nitrogen and oxygen atoms in total. The van der Waals surface area contributed by atoms with Crippen molar-refractivity contribution in [2.24, 2.45) is 5.92 Å². The van der Waals surface area contributed by atoms with Gasteiger partial charge in [-0.1, -0.05) is 44.5 Å².